The maximum absolute atomic E-state index is 5.32. The molecule has 0 unspecified atom stereocenters. The van der Waals surface area contributed by atoms with E-state index >= 15 is 0 Å². The van der Waals surface area contributed by atoms with Gasteiger partial charge in [-0.15, -0.1) is 0 Å². The first-order valence-electron chi connectivity index (χ1n) is 30.2. The molecule has 0 aliphatic heterocycles. The molecule has 0 saturated heterocycles. The molecule has 92 heavy (non-hydrogen) atoms. The van der Waals surface area contributed by atoms with Gasteiger partial charge in [0.05, 0.1) is 45.8 Å². The van der Waals surface area contributed by atoms with Crippen LogP contribution >= 0.6 is 0 Å². The number of fused-ring (bicyclic) bond motifs is 18. The van der Waals surface area contributed by atoms with Crippen molar-refractivity contribution in [3.8, 4) is 78.4 Å². The first kappa shape index (κ1) is 51.1. The number of benzene rings is 11. The maximum atomic E-state index is 5.32. The summed E-state index contributed by atoms with van der Waals surface area (Å²) in [6.45, 7) is 0. The molecular weight excluding hydrogens is 1130 g/mol. The monoisotopic (exact) mass is 1180 g/mol. The van der Waals surface area contributed by atoms with Crippen molar-refractivity contribution < 1.29 is 0 Å². The minimum absolute atomic E-state index is 0.603. The fourth-order valence-corrected chi connectivity index (χ4v) is 13.7. The van der Waals surface area contributed by atoms with Crippen molar-refractivity contribution >= 4 is 110 Å². The van der Waals surface area contributed by atoms with Crippen LogP contribution in [0.15, 0.2) is 268 Å². The van der Waals surface area contributed by atoms with E-state index in [1.54, 1.807) is 49.6 Å². The molecule has 426 valence electrons. The quantitative estimate of drug-likeness (QED) is 0.132. The van der Waals surface area contributed by atoms with E-state index in [1.165, 1.54) is 21.5 Å². The Morgan fingerprint density at radius 3 is 0.804 bits per heavy atom. The summed E-state index contributed by atoms with van der Waals surface area (Å²) in [4.78, 5) is 58.4. The van der Waals surface area contributed by atoms with Gasteiger partial charge in [-0.05, 0) is 117 Å². The van der Waals surface area contributed by atoms with Crippen LogP contribution in [0, 0.1) is 0 Å². The van der Waals surface area contributed by atoms with Crippen molar-refractivity contribution in [2.75, 3.05) is 0 Å². The molecule has 0 spiro atoms. The van der Waals surface area contributed by atoms with E-state index in [1.807, 2.05) is 12.4 Å². The Morgan fingerprint density at radius 1 is 0.207 bits per heavy atom. The molecule has 0 fully saturated rings. The average Bonchev–Trinajstić information content (AvgIpc) is 0.990. The minimum Gasteiger partial charge on any atom is -0.309 e. The second kappa shape index (κ2) is 20.3. The van der Waals surface area contributed by atoms with E-state index in [9.17, 15) is 0 Å². The maximum Gasteiger partial charge on any atom is 0.120 e. The van der Waals surface area contributed by atoms with Crippen LogP contribution in [-0.4, -0.2) is 68.9 Å². The third-order valence-corrected chi connectivity index (χ3v) is 17.8. The number of nitrogens with zero attached hydrogens (tertiary/aromatic N) is 14. The number of para-hydroxylation sites is 4. The van der Waals surface area contributed by atoms with E-state index < -0.39 is 0 Å². The van der Waals surface area contributed by atoms with Crippen LogP contribution in [-0.2, 0) is 0 Å². The van der Waals surface area contributed by atoms with E-state index in [0.717, 1.165) is 89.1 Å². The van der Waals surface area contributed by atoms with Crippen LogP contribution < -0.4 is 0 Å². The fraction of sp³-hybridized carbons (Fsp3) is 0. The summed E-state index contributed by atoms with van der Waals surface area (Å²) in [5, 5.41) is 4.83. The molecule has 14 heteroatoms. The molecule has 14 nitrogen and oxygen atoms in total. The van der Waals surface area contributed by atoms with Gasteiger partial charge in [0.2, 0.25) is 0 Å². The summed E-state index contributed by atoms with van der Waals surface area (Å²) >= 11 is 0. The van der Waals surface area contributed by atoms with Crippen molar-refractivity contribution in [2.45, 2.75) is 0 Å². The second-order valence-electron chi connectivity index (χ2n) is 22.9. The van der Waals surface area contributed by atoms with E-state index in [-0.39, 0.29) is 0 Å². The Kier molecular flexibility index (Phi) is 11.3. The fourth-order valence-electron chi connectivity index (χ4n) is 13.7. The van der Waals surface area contributed by atoms with Crippen LogP contribution in [0.3, 0.4) is 0 Å². The van der Waals surface area contributed by atoms with Gasteiger partial charge in [0.15, 0.2) is 0 Å². The van der Waals surface area contributed by atoms with Gasteiger partial charge in [0, 0.05) is 93.6 Å². The SMILES string of the molecule is c1cc(-c2cnc3c4nccnc4c4nccnc4c3n2)cc(-c2cc(-c3ccc(-n4c5ccccc5c5ccccc54)cc3)c(-c3cccc(-c4cnc5c6nccnc6c6nccnc6c5n4)c3)cc2-c2ccc(-n3c4ccccc4c4ccccc43)cc2)c1. The molecule has 0 bridgehead atoms. The smallest absolute Gasteiger partial charge is 0.120 e. The zero-order chi connectivity index (χ0) is 60.4. The standard InChI is InChI=1S/C78H44N14/c1-5-19-63-53(15-1)54-16-2-6-20-64(54)91(63)51-27-23-45(24-28-51)57-41-60(48-12-10-14-50(40-48)62-44-88-76-72-68(80-32-34-84-72)70-74(78(76)90-62)86-38-36-82-70)58(46-25-29-52(30-26-46)92-65-21-7-3-17-55(65)56-18-4-8-22-66(56)92)42-59(57)47-11-9-13-49(39-47)61-43-87-75-71-67(79-31-33-83-71)69-73(77(75)89-61)85-37-35-81-69/h1-44H. The number of aromatic nitrogens is 14. The predicted octanol–water partition coefficient (Wildman–Crippen LogP) is 17.5. The molecule has 8 aromatic heterocycles. The number of hydrogen-bond acceptors (Lipinski definition) is 12. The highest BCUT2D eigenvalue weighted by Crippen LogP contribution is 2.45. The zero-order valence-corrected chi connectivity index (χ0v) is 48.7. The van der Waals surface area contributed by atoms with Crippen LogP contribution in [0.4, 0.5) is 0 Å². The highest BCUT2D eigenvalue weighted by atomic mass is 15.0. The van der Waals surface area contributed by atoms with Crippen LogP contribution in [0.2, 0.25) is 0 Å². The van der Waals surface area contributed by atoms with E-state index in [2.05, 4.69) is 225 Å². The number of hydrogen-bond donors (Lipinski definition) is 0. The van der Waals surface area contributed by atoms with Crippen LogP contribution in [0.5, 0.6) is 0 Å². The van der Waals surface area contributed by atoms with E-state index in [4.69, 9.17) is 49.8 Å². The van der Waals surface area contributed by atoms with Gasteiger partial charge < -0.3 is 9.13 Å². The lowest BCUT2D eigenvalue weighted by molar-refractivity contribution is 1.18. The van der Waals surface area contributed by atoms with Crippen molar-refractivity contribution in [1.29, 1.82) is 0 Å². The van der Waals surface area contributed by atoms with Gasteiger partial charge in [-0.25, -0.2) is 19.9 Å². The van der Waals surface area contributed by atoms with Gasteiger partial charge in [-0.3, -0.25) is 39.9 Å². The van der Waals surface area contributed by atoms with Gasteiger partial charge in [-0.2, -0.15) is 0 Å². The topological polar surface area (TPSA) is 165 Å². The van der Waals surface area contributed by atoms with Crippen molar-refractivity contribution in [2.24, 2.45) is 0 Å². The van der Waals surface area contributed by atoms with Crippen LogP contribution in [0.1, 0.15) is 0 Å². The average molecular weight is 1180 g/mol. The normalized spacial score (nSPS) is 11.9. The Balaban J connectivity index is 0.833. The summed E-state index contributed by atoms with van der Waals surface area (Å²) < 4.78 is 4.72. The molecule has 0 aliphatic carbocycles. The number of rotatable bonds is 8. The molecule has 0 radical (unpaired) electrons. The molecule has 0 amide bonds. The van der Waals surface area contributed by atoms with Gasteiger partial charge in [-0.1, -0.05) is 133 Å². The van der Waals surface area contributed by atoms with Gasteiger partial charge >= 0.3 is 0 Å². The summed E-state index contributed by atoms with van der Waals surface area (Å²) in [6.07, 6.45) is 17.0. The zero-order valence-electron chi connectivity index (χ0n) is 48.7. The molecule has 0 aliphatic rings. The summed E-state index contributed by atoms with van der Waals surface area (Å²) in [5.41, 5.74) is 25.4. The highest BCUT2D eigenvalue weighted by molar-refractivity contribution is 6.19. The molecule has 19 aromatic rings. The van der Waals surface area contributed by atoms with E-state index in [0.29, 0.717) is 77.6 Å². The Hall–Kier alpha value is -12.9. The first-order chi connectivity index (χ1) is 45.6. The van der Waals surface area contributed by atoms with Crippen molar-refractivity contribution in [1.82, 2.24) is 68.9 Å². The Bertz CT molecular complexity index is 5720. The van der Waals surface area contributed by atoms with Crippen molar-refractivity contribution in [3.05, 3.63) is 268 Å². The van der Waals surface area contributed by atoms with Gasteiger partial charge in [0.25, 0.3) is 0 Å². The lowest BCUT2D eigenvalue weighted by Crippen LogP contribution is -1.98. The highest BCUT2D eigenvalue weighted by Gasteiger charge is 2.23. The second-order valence-corrected chi connectivity index (χ2v) is 22.9. The molecular formula is C78H44N14. The Labute approximate surface area is 522 Å². The molecule has 8 heterocycles. The van der Waals surface area contributed by atoms with Crippen LogP contribution in [0.25, 0.3) is 188 Å². The van der Waals surface area contributed by atoms with Gasteiger partial charge in [0.1, 0.15) is 66.2 Å². The molecule has 0 saturated carbocycles. The third kappa shape index (κ3) is 7.93. The third-order valence-electron chi connectivity index (χ3n) is 17.8. The lowest BCUT2D eigenvalue weighted by Gasteiger charge is -2.20. The summed E-state index contributed by atoms with van der Waals surface area (Å²) in [6, 6.07) is 74.4. The summed E-state index contributed by atoms with van der Waals surface area (Å²) in [5.74, 6) is 0. The lowest BCUT2D eigenvalue weighted by atomic mass is 9.85. The predicted molar refractivity (Wildman–Crippen MR) is 366 cm³/mol. The minimum atomic E-state index is 0.603. The Morgan fingerprint density at radius 2 is 0.478 bits per heavy atom. The molecule has 0 atom stereocenters. The molecule has 11 aromatic carbocycles. The van der Waals surface area contributed by atoms with Crippen molar-refractivity contribution in [3.63, 3.8) is 0 Å². The summed E-state index contributed by atoms with van der Waals surface area (Å²) in [7, 11) is 0. The molecule has 0 N–H and O–H groups in total. The largest absolute Gasteiger partial charge is 0.309 e. The molecule has 19 rings (SSSR count). The first-order valence-corrected chi connectivity index (χ1v) is 30.2.